The van der Waals surface area contributed by atoms with Gasteiger partial charge in [-0.1, -0.05) is 17.7 Å². The second-order valence-electron chi connectivity index (χ2n) is 3.53. The predicted molar refractivity (Wildman–Crippen MR) is 68.9 cm³/mol. The molecule has 1 aromatic carbocycles. The first kappa shape index (κ1) is 13.7. The fraction of sp³-hybridized carbons (Fsp3) is 0. The van der Waals surface area contributed by atoms with Crippen LogP contribution < -0.4 is 0 Å². The zero-order chi connectivity index (χ0) is 14.0. The van der Waals surface area contributed by atoms with Crippen LogP contribution in [0.4, 0.5) is 13.2 Å². The van der Waals surface area contributed by atoms with Crippen LogP contribution in [-0.4, -0.2) is 0 Å². The minimum atomic E-state index is -1.57. The van der Waals surface area contributed by atoms with Crippen LogP contribution >= 0.6 is 22.9 Å². The summed E-state index contributed by atoms with van der Waals surface area (Å²) in [4.78, 5) is 0.567. The highest BCUT2D eigenvalue weighted by Crippen LogP contribution is 2.32. The smallest absolute Gasteiger partial charge is 0.194 e. The summed E-state index contributed by atoms with van der Waals surface area (Å²) in [7, 11) is 0. The van der Waals surface area contributed by atoms with Gasteiger partial charge in [0.2, 0.25) is 0 Å². The zero-order valence-corrected chi connectivity index (χ0v) is 10.8. The van der Waals surface area contributed by atoms with E-state index in [0.29, 0.717) is 4.88 Å². The van der Waals surface area contributed by atoms with Crippen molar-refractivity contribution in [3.63, 3.8) is 0 Å². The quantitative estimate of drug-likeness (QED) is 0.577. The third kappa shape index (κ3) is 2.65. The molecule has 2 rings (SSSR count). The van der Waals surface area contributed by atoms with E-state index in [1.807, 2.05) is 6.07 Å². The minimum Gasteiger partial charge on any atom is -0.204 e. The Bertz CT molecular complexity index is 663. The van der Waals surface area contributed by atoms with Crippen LogP contribution in [0.2, 0.25) is 0 Å². The summed E-state index contributed by atoms with van der Waals surface area (Å²) < 4.78 is 39.1. The summed E-state index contributed by atoms with van der Waals surface area (Å²) in [5.74, 6) is -4.27. The maximum Gasteiger partial charge on any atom is 0.194 e. The van der Waals surface area contributed by atoms with Crippen molar-refractivity contribution in [3.8, 4) is 6.07 Å². The number of nitrogens with zero attached hydrogens (tertiary/aromatic N) is 1. The highest BCUT2D eigenvalue weighted by atomic mass is 35.5. The van der Waals surface area contributed by atoms with Crippen molar-refractivity contribution >= 4 is 33.5 Å². The molecule has 1 heterocycles. The molecular weight excluding hydrogens is 295 g/mol. The Morgan fingerprint density at radius 1 is 1.21 bits per heavy atom. The Kier molecular flexibility index (Phi) is 3.93. The highest BCUT2D eigenvalue weighted by Gasteiger charge is 2.16. The topological polar surface area (TPSA) is 23.8 Å². The lowest BCUT2D eigenvalue weighted by molar-refractivity contribution is 0.447. The summed E-state index contributed by atoms with van der Waals surface area (Å²) >= 11 is 7.23. The van der Waals surface area contributed by atoms with E-state index < -0.39 is 17.5 Å². The zero-order valence-electron chi connectivity index (χ0n) is 9.25. The van der Waals surface area contributed by atoms with Gasteiger partial charge < -0.3 is 0 Å². The third-order valence-electron chi connectivity index (χ3n) is 2.34. The molecule has 0 saturated heterocycles. The van der Waals surface area contributed by atoms with Gasteiger partial charge in [0.25, 0.3) is 0 Å². The Labute approximate surface area is 116 Å². The van der Waals surface area contributed by atoms with E-state index in [1.54, 1.807) is 17.5 Å². The summed E-state index contributed by atoms with van der Waals surface area (Å²) in [6.45, 7) is 0. The SMILES string of the molecule is N#CC(=C(Cl)c1cc(F)c(F)c(F)c1)c1cccs1. The van der Waals surface area contributed by atoms with Crippen molar-refractivity contribution in [2.75, 3.05) is 0 Å². The summed E-state index contributed by atoms with van der Waals surface area (Å²) in [6, 6.07) is 6.76. The van der Waals surface area contributed by atoms with Crippen LogP contribution in [-0.2, 0) is 0 Å². The lowest BCUT2D eigenvalue weighted by Gasteiger charge is -2.04. The maximum atomic E-state index is 13.1. The molecule has 2 aromatic rings. The van der Waals surface area contributed by atoms with Gasteiger partial charge in [-0.05, 0) is 23.6 Å². The normalized spacial score (nSPS) is 11.9. The summed E-state index contributed by atoms with van der Waals surface area (Å²) in [6.07, 6.45) is 0. The van der Waals surface area contributed by atoms with Gasteiger partial charge in [0.1, 0.15) is 6.07 Å². The lowest BCUT2D eigenvalue weighted by Crippen LogP contribution is -1.93. The average molecular weight is 300 g/mol. The molecule has 0 unspecified atom stereocenters. The van der Waals surface area contributed by atoms with E-state index in [2.05, 4.69) is 0 Å². The van der Waals surface area contributed by atoms with Gasteiger partial charge in [-0.15, -0.1) is 11.3 Å². The van der Waals surface area contributed by atoms with Crippen LogP contribution in [0.3, 0.4) is 0 Å². The fourth-order valence-corrected chi connectivity index (χ4v) is 2.50. The Morgan fingerprint density at radius 3 is 2.32 bits per heavy atom. The molecule has 0 radical (unpaired) electrons. The first-order chi connectivity index (χ1) is 9.04. The van der Waals surface area contributed by atoms with Crippen molar-refractivity contribution in [3.05, 3.63) is 57.5 Å². The van der Waals surface area contributed by atoms with Crippen molar-refractivity contribution in [2.24, 2.45) is 0 Å². The molecule has 0 atom stereocenters. The largest absolute Gasteiger partial charge is 0.204 e. The Balaban J connectivity index is 2.61. The molecule has 19 heavy (non-hydrogen) atoms. The average Bonchev–Trinajstić information content (AvgIpc) is 2.90. The first-order valence-corrected chi connectivity index (χ1v) is 6.29. The molecular formula is C13H5ClF3NS. The Morgan fingerprint density at radius 2 is 1.84 bits per heavy atom. The molecule has 0 fully saturated rings. The summed E-state index contributed by atoms with van der Waals surface area (Å²) in [5, 5.41) is 10.7. The van der Waals surface area contributed by atoms with Gasteiger partial charge in [-0.2, -0.15) is 5.26 Å². The molecule has 0 spiro atoms. The number of benzene rings is 1. The van der Waals surface area contributed by atoms with Crippen LogP contribution in [0.1, 0.15) is 10.4 Å². The van der Waals surface area contributed by atoms with Gasteiger partial charge in [0.05, 0.1) is 10.6 Å². The van der Waals surface area contributed by atoms with Crippen molar-refractivity contribution in [1.29, 1.82) is 5.26 Å². The van der Waals surface area contributed by atoms with Crippen molar-refractivity contribution in [1.82, 2.24) is 0 Å². The molecule has 1 aromatic heterocycles. The molecule has 96 valence electrons. The predicted octanol–water partition coefficient (Wildman–Crippen LogP) is 4.80. The van der Waals surface area contributed by atoms with E-state index in [0.717, 1.165) is 12.1 Å². The van der Waals surface area contributed by atoms with E-state index in [9.17, 15) is 13.2 Å². The van der Waals surface area contributed by atoms with Gasteiger partial charge in [-0.25, -0.2) is 13.2 Å². The molecule has 0 bridgehead atoms. The fourth-order valence-electron chi connectivity index (χ4n) is 1.46. The number of allylic oxidation sites excluding steroid dienone is 1. The van der Waals surface area contributed by atoms with Gasteiger partial charge >= 0.3 is 0 Å². The third-order valence-corrected chi connectivity index (χ3v) is 3.63. The number of hydrogen-bond donors (Lipinski definition) is 0. The van der Waals surface area contributed by atoms with Gasteiger partial charge in [0.15, 0.2) is 17.5 Å². The van der Waals surface area contributed by atoms with Crippen molar-refractivity contribution in [2.45, 2.75) is 0 Å². The van der Waals surface area contributed by atoms with E-state index >= 15 is 0 Å². The summed E-state index contributed by atoms with van der Waals surface area (Å²) in [5.41, 5.74) is 0.00471. The molecule has 1 nitrogen and oxygen atoms in total. The van der Waals surface area contributed by atoms with Crippen LogP contribution in [0.5, 0.6) is 0 Å². The molecule has 0 aliphatic rings. The molecule has 0 aliphatic heterocycles. The Hall–Kier alpha value is -1.77. The van der Waals surface area contributed by atoms with Crippen LogP contribution in [0, 0.1) is 28.8 Å². The number of hydrogen-bond acceptors (Lipinski definition) is 2. The molecule has 6 heteroatoms. The highest BCUT2D eigenvalue weighted by molar-refractivity contribution is 7.11. The first-order valence-electron chi connectivity index (χ1n) is 5.03. The lowest BCUT2D eigenvalue weighted by atomic mass is 10.1. The van der Waals surface area contributed by atoms with Crippen LogP contribution in [0.25, 0.3) is 10.6 Å². The second-order valence-corrected chi connectivity index (χ2v) is 4.86. The minimum absolute atomic E-state index is 0.0805. The molecule has 0 saturated carbocycles. The van der Waals surface area contributed by atoms with Gasteiger partial charge in [-0.3, -0.25) is 0 Å². The molecule has 0 N–H and O–H groups in total. The second kappa shape index (κ2) is 5.47. The standard InChI is InChI=1S/C13H5ClF3NS/c14-12(8(6-18)11-2-1-3-19-11)7-4-9(15)13(17)10(16)5-7/h1-5H. The monoisotopic (exact) mass is 299 g/mol. The number of halogens is 4. The van der Waals surface area contributed by atoms with Crippen LogP contribution in [0.15, 0.2) is 29.6 Å². The van der Waals surface area contributed by atoms with E-state index in [1.165, 1.54) is 11.3 Å². The molecule has 0 amide bonds. The van der Waals surface area contributed by atoms with Crippen molar-refractivity contribution < 1.29 is 13.2 Å². The maximum absolute atomic E-state index is 13.1. The van der Waals surface area contributed by atoms with Gasteiger partial charge in [0, 0.05) is 10.4 Å². The van der Waals surface area contributed by atoms with E-state index in [4.69, 9.17) is 16.9 Å². The number of nitriles is 1. The number of rotatable bonds is 2. The number of thiophene rings is 1. The molecule has 0 aliphatic carbocycles. The van der Waals surface area contributed by atoms with E-state index in [-0.39, 0.29) is 16.2 Å².